The molecule has 106 valence electrons. The molecule has 1 atom stereocenters. The molecule has 0 saturated carbocycles. The molecule has 0 spiro atoms. The van der Waals surface area contributed by atoms with Crippen molar-refractivity contribution < 1.29 is 18.3 Å². The number of hydrogen-bond acceptors (Lipinski definition) is 2. The van der Waals surface area contributed by atoms with Crippen molar-refractivity contribution in [3.8, 4) is 5.75 Å². The van der Waals surface area contributed by atoms with Gasteiger partial charge in [-0.3, -0.25) is 4.79 Å². The van der Waals surface area contributed by atoms with Crippen LogP contribution in [0.3, 0.4) is 0 Å². The van der Waals surface area contributed by atoms with Crippen LogP contribution in [-0.4, -0.2) is 24.4 Å². The maximum atomic E-state index is 12.2. The average molecular weight is 292 g/mol. The Labute approximate surface area is 115 Å². The maximum Gasteiger partial charge on any atom is 0.387 e. The fourth-order valence-electron chi connectivity index (χ4n) is 1.61. The van der Waals surface area contributed by atoms with Crippen LogP contribution in [0.4, 0.5) is 8.78 Å². The first-order valence-corrected chi connectivity index (χ1v) is 6.48. The molecule has 6 heteroatoms. The number of halogens is 3. The second kappa shape index (κ2) is 7.94. The first kappa shape index (κ1) is 15.7. The summed E-state index contributed by atoms with van der Waals surface area (Å²) in [6.07, 6.45) is 1.51. The Morgan fingerprint density at radius 3 is 2.74 bits per heavy atom. The van der Waals surface area contributed by atoms with Gasteiger partial charge >= 0.3 is 6.61 Å². The smallest absolute Gasteiger partial charge is 0.387 e. The molecular formula is C13H16ClF2NO2. The molecule has 0 bridgehead atoms. The Bertz CT molecular complexity index is 415. The molecule has 1 amide bonds. The lowest BCUT2D eigenvalue weighted by molar-refractivity contribution is -0.0501. The van der Waals surface area contributed by atoms with E-state index in [-0.39, 0.29) is 17.4 Å². The third-order valence-electron chi connectivity index (χ3n) is 2.50. The number of para-hydroxylation sites is 1. The molecule has 1 aromatic rings. The first-order valence-electron chi connectivity index (χ1n) is 5.95. The van der Waals surface area contributed by atoms with E-state index in [1.54, 1.807) is 6.07 Å². The van der Waals surface area contributed by atoms with Gasteiger partial charge in [0.15, 0.2) is 0 Å². The van der Waals surface area contributed by atoms with Crippen molar-refractivity contribution in [1.29, 1.82) is 0 Å². The van der Waals surface area contributed by atoms with Gasteiger partial charge in [-0.25, -0.2) is 0 Å². The van der Waals surface area contributed by atoms with Crippen molar-refractivity contribution in [2.24, 2.45) is 0 Å². The van der Waals surface area contributed by atoms with Gasteiger partial charge in [0, 0.05) is 11.9 Å². The molecule has 19 heavy (non-hydrogen) atoms. The molecule has 0 aliphatic carbocycles. The zero-order valence-electron chi connectivity index (χ0n) is 10.5. The minimum Gasteiger partial charge on any atom is -0.434 e. The van der Waals surface area contributed by atoms with E-state index in [2.05, 4.69) is 10.1 Å². The zero-order valence-corrected chi connectivity index (χ0v) is 11.3. The van der Waals surface area contributed by atoms with Crippen LogP contribution in [0, 0.1) is 0 Å². The normalized spacial score (nSPS) is 12.3. The van der Waals surface area contributed by atoms with Crippen LogP contribution in [-0.2, 0) is 0 Å². The highest BCUT2D eigenvalue weighted by Gasteiger charge is 2.16. The monoisotopic (exact) mass is 291 g/mol. The zero-order chi connectivity index (χ0) is 14.3. The largest absolute Gasteiger partial charge is 0.434 e. The Morgan fingerprint density at radius 1 is 1.42 bits per heavy atom. The number of carbonyl (C=O) groups excluding carboxylic acids is 1. The summed E-state index contributed by atoms with van der Waals surface area (Å²) in [5.41, 5.74) is 0.0977. The Kier molecular flexibility index (Phi) is 6.56. The Balaban J connectivity index is 2.70. The minimum absolute atomic E-state index is 0.0779. The van der Waals surface area contributed by atoms with Gasteiger partial charge in [-0.2, -0.15) is 8.78 Å². The van der Waals surface area contributed by atoms with Crippen LogP contribution in [0.15, 0.2) is 24.3 Å². The van der Waals surface area contributed by atoms with Gasteiger partial charge < -0.3 is 10.1 Å². The number of hydrogen-bond donors (Lipinski definition) is 1. The van der Waals surface area contributed by atoms with Crippen molar-refractivity contribution in [1.82, 2.24) is 5.32 Å². The van der Waals surface area contributed by atoms with E-state index in [4.69, 9.17) is 11.6 Å². The van der Waals surface area contributed by atoms with Crippen LogP contribution < -0.4 is 10.1 Å². The van der Waals surface area contributed by atoms with E-state index >= 15 is 0 Å². The van der Waals surface area contributed by atoms with Gasteiger partial charge in [0.1, 0.15) is 5.75 Å². The van der Waals surface area contributed by atoms with Crippen LogP contribution in [0.5, 0.6) is 5.75 Å². The molecule has 3 nitrogen and oxygen atoms in total. The third-order valence-corrected chi connectivity index (χ3v) is 2.76. The molecule has 1 unspecified atom stereocenters. The number of benzene rings is 1. The van der Waals surface area contributed by atoms with Gasteiger partial charge in [0.2, 0.25) is 0 Å². The number of amides is 1. The number of nitrogens with one attached hydrogen (secondary N) is 1. The van der Waals surface area contributed by atoms with E-state index in [0.29, 0.717) is 5.88 Å². The van der Waals surface area contributed by atoms with Gasteiger partial charge in [-0.05, 0) is 31.9 Å². The summed E-state index contributed by atoms with van der Waals surface area (Å²) in [7, 11) is 0. The average Bonchev–Trinajstić information content (AvgIpc) is 2.36. The third kappa shape index (κ3) is 5.42. The van der Waals surface area contributed by atoms with E-state index in [0.717, 1.165) is 12.8 Å². The fraction of sp³-hybridized carbons (Fsp3) is 0.462. The van der Waals surface area contributed by atoms with Crippen LogP contribution in [0.25, 0.3) is 0 Å². The molecule has 0 radical (unpaired) electrons. The summed E-state index contributed by atoms with van der Waals surface area (Å²) in [6, 6.07) is 5.83. The topological polar surface area (TPSA) is 38.3 Å². The highest BCUT2D eigenvalue weighted by atomic mass is 35.5. The summed E-state index contributed by atoms with van der Waals surface area (Å²) >= 11 is 5.57. The van der Waals surface area contributed by atoms with Crippen molar-refractivity contribution in [2.75, 3.05) is 5.88 Å². The van der Waals surface area contributed by atoms with Crippen molar-refractivity contribution in [3.05, 3.63) is 29.8 Å². The quantitative estimate of drug-likeness (QED) is 0.782. The SMILES string of the molecule is CC(CCCCl)NC(=O)c1ccccc1OC(F)F. The lowest BCUT2D eigenvalue weighted by Crippen LogP contribution is -2.33. The molecule has 1 rings (SSSR count). The van der Waals surface area contributed by atoms with E-state index in [1.165, 1.54) is 18.2 Å². The maximum absolute atomic E-state index is 12.2. The first-order chi connectivity index (χ1) is 9.04. The van der Waals surface area contributed by atoms with Crippen LogP contribution >= 0.6 is 11.6 Å². The summed E-state index contributed by atoms with van der Waals surface area (Å²) in [6.45, 7) is -1.12. The summed E-state index contributed by atoms with van der Waals surface area (Å²) in [5, 5.41) is 2.72. The Morgan fingerprint density at radius 2 is 2.11 bits per heavy atom. The predicted octanol–water partition coefficient (Wildman–Crippen LogP) is 3.43. The highest BCUT2D eigenvalue weighted by molar-refractivity contribution is 6.17. The molecule has 1 aromatic carbocycles. The van der Waals surface area contributed by atoms with Gasteiger partial charge in [-0.1, -0.05) is 12.1 Å². The fourth-order valence-corrected chi connectivity index (χ4v) is 1.76. The lowest BCUT2D eigenvalue weighted by Gasteiger charge is -2.15. The second-order valence-corrected chi connectivity index (χ2v) is 4.46. The summed E-state index contributed by atoms with van der Waals surface area (Å²) in [4.78, 5) is 12.0. The second-order valence-electron chi connectivity index (χ2n) is 4.08. The summed E-state index contributed by atoms with van der Waals surface area (Å²) in [5.74, 6) is -0.0384. The standard InChI is InChI=1S/C13H16ClF2NO2/c1-9(5-4-8-14)17-12(18)10-6-2-3-7-11(10)19-13(15)16/h2-3,6-7,9,13H,4-5,8H2,1H3,(H,17,18). The van der Waals surface area contributed by atoms with Gasteiger partial charge in [-0.15, -0.1) is 11.6 Å². The Hall–Kier alpha value is -1.36. The molecular weight excluding hydrogens is 276 g/mol. The van der Waals surface area contributed by atoms with E-state index in [9.17, 15) is 13.6 Å². The number of carbonyl (C=O) groups is 1. The molecule has 0 fully saturated rings. The molecule has 0 aliphatic heterocycles. The van der Waals surface area contributed by atoms with Crippen molar-refractivity contribution in [3.63, 3.8) is 0 Å². The summed E-state index contributed by atoms with van der Waals surface area (Å²) < 4.78 is 28.8. The lowest BCUT2D eigenvalue weighted by atomic mass is 10.1. The molecule has 0 heterocycles. The predicted molar refractivity (Wildman–Crippen MR) is 70.0 cm³/mol. The van der Waals surface area contributed by atoms with E-state index < -0.39 is 12.5 Å². The van der Waals surface area contributed by atoms with Crippen molar-refractivity contribution >= 4 is 17.5 Å². The number of ether oxygens (including phenoxy) is 1. The highest BCUT2D eigenvalue weighted by Crippen LogP contribution is 2.20. The number of rotatable bonds is 7. The molecule has 1 N–H and O–H groups in total. The van der Waals surface area contributed by atoms with Gasteiger partial charge in [0.25, 0.3) is 5.91 Å². The van der Waals surface area contributed by atoms with Crippen LogP contribution in [0.1, 0.15) is 30.1 Å². The minimum atomic E-state index is -2.96. The van der Waals surface area contributed by atoms with Gasteiger partial charge in [0.05, 0.1) is 5.56 Å². The molecule has 0 aromatic heterocycles. The van der Waals surface area contributed by atoms with Crippen LogP contribution in [0.2, 0.25) is 0 Å². The van der Waals surface area contributed by atoms with Crippen molar-refractivity contribution in [2.45, 2.75) is 32.4 Å². The van der Waals surface area contributed by atoms with E-state index in [1.807, 2.05) is 6.92 Å². The molecule has 0 aliphatic rings. The number of alkyl halides is 3. The molecule has 0 saturated heterocycles.